The Labute approximate surface area is 147 Å². The molecule has 3 heterocycles. The van der Waals surface area contributed by atoms with Crippen LogP contribution in [0.1, 0.15) is 13.3 Å². The van der Waals surface area contributed by atoms with Crippen LogP contribution in [0.5, 0.6) is 0 Å². The number of hydrogen-bond acceptors (Lipinski definition) is 6. The molecule has 0 amide bonds. The van der Waals surface area contributed by atoms with E-state index >= 15 is 0 Å². The molecule has 0 spiro atoms. The zero-order valence-corrected chi connectivity index (χ0v) is 14.6. The number of thioether (sulfide) groups is 1. The van der Waals surface area contributed by atoms with Crippen LogP contribution in [0.4, 0.5) is 0 Å². The molecule has 7 heteroatoms. The van der Waals surface area contributed by atoms with Gasteiger partial charge in [-0.1, -0.05) is 36.0 Å². The maximum absolute atomic E-state index is 12.0. The largest absolute Gasteiger partial charge is 0.462 e. The highest BCUT2D eigenvalue weighted by atomic mass is 32.2. The number of esters is 1. The highest BCUT2D eigenvalue weighted by Crippen LogP contribution is 2.35. The Kier molecular flexibility index (Phi) is 4.12. The van der Waals surface area contributed by atoms with Crippen molar-refractivity contribution in [2.24, 2.45) is 0 Å². The zero-order valence-electron chi connectivity index (χ0n) is 13.0. The fourth-order valence-electron chi connectivity index (χ4n) is 2.66. The van der Waals surface area contributed by atoms with Gasteiger partial charge in [0, 0.05) is 12.1 Å². The summed E-state index contributed by atoms with van der Waals surface area (Å²) in [7, 11) is 0. The van der Waals surface area contributed by atoms with Crippen LogP contribution in [0, 0.1) is 0 Å². The zero-order chi connectivity index (χ0) is 16.5. The monoisotopic (exact) mass is 357 g/mol. The average molecular weight is 357 g/mol. The third kappa shape index (κ3) is 2.85. The molecule has 0 N–H and O–H groups in total. The number of ether oxygens (including phenoxy) is 1. The number of aromatic nitrogens is 3. The van der Waals surface area contributed by atoms with Crippen LogP contribution in [0.15, 0.2) is 53.0 Å². The van der Waals surface area contributed by atoms with E-state index in [0.29, 0.717) is 11.6 Å². The van der Waals surface area contributed by atoms with Crippen molar-refractivity contribution in [3.05, 3.63) is 47.8 Å². The highest BCUT2D eigenvalue weighted by molar-refractivity contribution is 8.00. The van der Waals surface area contributed by atoms with Crippen LogP contribution in [-0.4, -0.2) is 32.1 Å². The molecule has 1 aliphatic heterocycles. The Morgan fingerprint density at radius 2 is 2.04 bits per heavy atom. The van der Waals surface area contributed by atoms with E-state index in [1.54, 1.807) is 11.3 Å². The molecule has 1 aromatic carbocycles. The number of thiophene rings is 1. The summed E-state index contributed by atoms with van der Waals surface area (Å²) in [5.74, 6) is 0.617. The third-order valence-corrected chi connectivity index (χ3v) is 5.77. The van der Waals surface area contributed by atoms with Gasteiger partial charge >= 0.3 is 5.97 Å². The molecule has 122 valence electrons. The Morgan fingerprint density at radius 3 is 2.71 bits per heavy atom. The second-order valence-electron chi connectivity index (χ2n) is 5.54. The first kappa shape index (κ1) is 15.4. The molecule has 0 saturated carbocycles. The van der Waals surface area contributed by atoms with Gasteiger partial charge in [0.15, 0.2) is 11.0 Å². The first-order chi connectivity index (χ1) is 11.7. The number of carbonyl (C=O) groups is 1. The molecule has 0 bridgehead atoms. The first-order valence-corrected chi connectivity index (χ1v) is 9.40. The van der Waals surface area contributed by atoms with Crippen LogP contribution in [0.2, 0.25) is 0 Å². The molecular weight excluding hydrogens is 342 g/mol. The number of cyclic esters (lactones) is 1. The molecule has 4 rings (SSSR count). The second-order valence-corrected chi connectivity index (χ2v) is 7.66. The van der Waals surface area contributed by atoms with Gasteiger partial charge in [0.2, 0.25) is 0 Å². The van der Waals surface area contributed by atoms with Gasteiger partial charge in [-0.2, -0.15) is 0 Å². The predicted molar refractivity (Wildman–Crippen MR) is 94.5 cm³/mol. The lowest BCUT2D eigenvalue weighted by Crippen LogP contribution is -2.11. The van der Waals surface area contributed by atoms with Gasteiger partial charge in [0.25, 0.3) is 0 Å². The quantitative estimate of drug-likeness (QED) is 0.665. The second kappa shape index (κ2) is 6.41. The molecule has 2 atom stereocenters. The summed E-state index contributed by atoms with van der Waals surface area (Å²) in [6, 6.07) is 14.0. The van der Waals surface area contributed by atoms with Gasteiger partial charge in [0.05, 0.1) is 4.88 Å². The standard InChI is InChI=1S/C17H15N3O2S2/c1-11-10-14(16(21)22-11)24-17-19-18-15(13-8-5-9-23-13)20(17)12-6-3-2-4-7-12/h2-9,11,14H,10H2,1H3/t11-,14-/m1/s1. The van der Waals surface area contributed by atoms with Crippen molar-refractivity contribution in [2.45, 2.75) is 29.9 Å². The van der Waals surface area contributed by atoms with E-state index in [2.05, 4.69) is 10.2 Å². The van der Waals surface area contributed by atoms with Gasteiger partial charge in [-0.3, -0.25) is 9.36 Å². The normalized spacial score (nSPS) is 20.3. The van der Waals surface area contributed by atoms with Crippen molar-refractivity contribution in [2.75, 3.05) is 0 Å². The van der Waals surface area contributed by atoms with E-state index in [1.165, 1.54) is 11.8 Å². The van der Waals surface area contributed by atoms with E-state index in [1.807, 2.05) is 59.3 Å². The number of rotatable bonds is 4. The molecule has 0 aliphatic carbocycles. The van der Waals surface area contributed by atoms with Gasteiger partial charge in [-0.15, -0.1) is 21.5 Å². The van der Waals surface area contributed by atoms with Crippen LogP contribution < -0.4 is 0 Å². The molecule has 3 aromatic rings. The summed E-state index contributed by atoms with van der Waals surface area (Å²) in [6.07, 6.45) is 0.652. The van der Waals surface area contributed by atoms with Crippen LogP contribution >= 0.6 is 23.1 Å². The summed E-state index contributed by atoms with van der Waals surface area (Å²) in [4.78, 5) is 13.0. The number of benzene rings is 1. The number of hydrogen-bond donors (Lipinski definition) is 0. The molecule has 0 unspecified atom stereocenters. The van der Waals surface area contributed by atoms with E-state index in [9.17, 15) is 4.79 Å². The minimum Gasteiger partial charge on any atom is -0.462 e. The van der Waals surface area contributed by atoms with E-state index in [0.717, 1.165) is 16.4 Å². The molecule has 1 fully saturated rings. The summed E-state index contributed by atoms with van der Waals surface area (Å²) in [5.41, 5.74) is 0.979. The van der Waals surface area contributed by atoms with E-state index < -0.39 is 0 Å². The Hall–Kier alpha value is -2.12. The SMILES string of the molecule is C[C@@H]1C[C@@H](Sc2nnc(-c3cccs3)n2-c2ccccc2)C(=O)O1. The van der Waals surface area contributed by atoms with Crippen LogP contribution in [0.25, 0.3) is 16.4 Å². The summed E-state index contributed by atoms with van der Waals surface area (Å²) in [6.45, 7) is 1.91. The first-order valence-electron chi connectivity index (χ1n) is 7.64. The molecule has 1 saturated heterocycles. The lowest BCUT2D eigenvalue weighted by atomic mass is 10.3. The highest BCUT2D eigenvalue weighted by Gasteiger charge is 2.34. The number of para-hydroxylation sites is 1. The lowest BCUT2D eigenvalue weighted by molar-refractivity contribution is -0.140. The molecule has 24 heavy (non-hydrogen) atoms. The van der Waals surface area contributed by atoms with Crippen molar-refractivity contribution < 1.29 is 9.53 Å². The number of nitrogens with zero attached hydrogens (tertiary/aromatic N) is 3. The van der Waals surface area contributed by atoms with Crippen molar-refractivity contribution in [1.29, 1.82) is 0 Å². The molecule has 5 nitrogen and oxygen atoms in total. The maximum Gasteiger partial charge on any atom is 0.319 e. The summed E-state index contributed by atoms with van der Waals surface area (Å²) in [5, 5.41) is 11.2. The predicted octanol–water partition coefficient (Wildman–Crippen LogP) is 3.79. The Bertz CT molecular complexity index is 846. The fraction of sp³-hybridized carbons (Fsp3) is 0.235. The van der Waals surface area contributed by atoms with Crippen molar-refractivity contribution in [3.63, 3.8) is 0 Å². The van der Waals surface area contributed by atoms with Gasteiger partial charge in [-0.05, 0) is 30.5 Å². The minimum atomic E-state index is -0.233. The lowest BCUT2D eigenvalue weighted by Gasteiger charge is -2.10. The minimum absolute atomic E-state index is 0.0418. The average Bonchev–Trinajstić information content (AvgIpc) is 3.29. The van der Waals surface area contributed by atoms with Crippen LogP contribution in [-0.2, 0) is 9.53 Å². The third-order valence-electron chi connectivity index (χ3n) is 3.76. The molecular formula is C17H15N3O2S2. The molecule has 2 aromatic heterocycles. The van der Waals surface area contributed by atoms with Crippen LogP contribution in [0.3, 0.4) is 0 Å². The molecule has 1 aliphatic rings. The van der Waals surface area contributed by atoms with Gasteiger partial charge in [-0.25, -0.2) is 0 Å². The maximum atomic E-state index is 12.0. The smallest absolute Gasteiger partial charge is 0.319 e. The van der Waals surface area contributed by atoms with E-state index in [-0.39, 0.29) is 17.3 Å². The van der Waals surface area contributed by atoms with Gasteiger partial charge < -0.3 is 4.74 Å². The Morgan fingerprint density at radius 1 is 1.21 bits per heavy atom. The van der Waals surface area contributed by atoms with E-state index in [4.69, 9.17) is 4.74 Å². The fourth-order valence-corrected chi connectivity index (χ4v) is 4.52. The molecule has 0 radical (unpaired) electrons. The topological polar surface area (TPSA) is 57.0 Å². The van der Waals surface area contributed by atoms with Crippen molar-refractivity contribution >= 4 is 29.1 Å². The Balaban J connectivity index is 1.76. The summed E-state index contributed by atoms with van der Waals surface area (Å²) < 4.78 is 7.26. The number of carbonyl (C=O) groups excluding carboxylic acids is 1. The van der Waals surface area contributed by atoms with Crippen molar-refractivity contribution in [3.8, 4) is 16.4 Å². The van der Waals surface area contributed by atoms with Gasteiger partial charge in [0.1, 0.15) is 11.4 Å². The van der Waals surface area contributed by atoms with Crippen molar-refractivity contribution in [1.82, 2.24) is 14.8 Å². The summed E-state index contributed by atoms with van der Waals surface area (Å²) >= 11 is 3.04.